The van der Waals surface area contributed by atoms with Crippen molar-refractivity contribution in [2.75, 3.05) is 7.11 Å². The van der Waals surface area contributed by atoms with Gasteiger partial charge in [-0.2, -0.15) is 0 Å². The van der Waals surface area contributed by atoms with Gasteiger partial charge in [0, 0.05) is 6.21 Å². The molecule has 0 heterocycles. The first-order chi connectivity index (χ1) is 6.72. The molecule has 0 bridgehead atoms. The third kappa shape index (κ3) is 3.44. The lowest BCUT2D eigenvalue weighted by molar-refractivity contribution is 0.415. The summed E-state index contributed by atoms with van der Waals surface area (Å²) < 4.78 is 5.05. The molecule has 14 heavy (non-hydrogen) atoms. The van der Waals surface area contributed by atoms with Gasteiger partial charge in [0.25, 0.3) is 0 Å². The first kappa shape index (κ1) is 10.5. The smallest absolute Gasteiger partial charge is 0.119 e. The fraction of sp³-hybridized carbons (Fsp3) is 0.250. The minimum Gasteiger partial charge on any atom is -0.497 e. The van der Waals surface area contributed by atoms with E-state index in [-0.39, 0.29) is 0 Å². The van der Waals surface area contributed by atoms with Gasteiger partial charge in [0.05, 0.1) is 12.8 Å². The van der Waals surface area contributed by atoms with Crippen LogP contribution in [0.15, 0.2) is 40.9 Å². The number of benzene rings is 1. The molecule has 0 atom stereocenters. The van der Waals surface area contributed by atoms with E-state index < -0.39 is 0 Å². The fourth-order valence-corrected chi connectivity index (χ4v) is 0.941. The van der Waals surface area contributed by atoms with Gasteiger partial charge in [0.15, 0.2) is 0 Å². The standard InChI is InChI=1S/C12H15NO/c1-10(2)8-9-13-11-4-6-12(14-3)7-5-11/h4-9H,1-3H3. The van der Waals surface area contributed by atoms with Gasteiger partial charge in [-0.25, -0.2) is 0 Å². The van der Waals surface area contributed by atoms with E-state index >= 15 is 0 Å². The van der Waals surface area contributed by atoms with Crippen molar-refractivity contribution in [1.82, 2.24) is 0 Å². The van der Waals surface area contributed by atoms with Gasteiger partial charge >= 0.3 is 0 Å². The largest absolute Gasteiger partial charge is 0.497 e. The molecule has 0 aliphatic carbocycles. The Bertz CT molecular complexity index is 332. The number of allylic oxidation sites excluding steroid dienone is 2. The molecule has 0 amide bonds. The van der Waals surface area contributed by atoms with Crippen LogP contribution in [0.25, 0.3) is 0 Å². The van der Waals surface area contributed by atoms with Crippen molar-refractivity contribution in [2.24, 2.45) is 4.99 Å². The highest BCUT2D eigenvalue weighted by atomic mass is 16.5. The van der Waals surface area contributed by atoms with Crippen molar-refractivity contribution < 1.29 is 4.74 Å². The van der Waals surface area contributed by atoms with E-state index in [1.54, 1.807) is 13.3 Å². The maximum Gasteiger partial charge on any atom is 0.119 e. The quantitative estimate of drug-likeness (QED) is 0.668. The molecule has 1 rings (SSSR count). The molecule has 1 aromatic rings. The summed E-state index contributed by atoms with van der Waals surface area (Å²) in [6.07, 6.45) is 3.78. The number of ether oxygens (including phenoxy) is 1. The lowest BCUT2D eigenvalue weighted by atomic mass is 10.3. The van der Waals surface area contributed by atoms with E-state index in [0.717, 1.165) is 11.4 Å². The summed E-state index contributed by atoms with van der Waals surface area (Å²) in [4.78, 5) is 4.26. The van der Waals surface area contributed by atoms with Crippen LogP contribution in [0, 0.1) is 0 Å². The summed E-state index contributed by atoms with van der Waals surface area (Å²) in [6.45, 7) is 4.08. The molecule has 2 nitrogen and oxygen atoms in total. The second-order valence-electron chi connectivity index (χ2n) is 3.22. The SMILES string of the molecule is COc1ccc(N=CC=C(C)C)cc1. The van der Waals surface area contributed by atoms with Crippen LogP contribution in [0.5, 0.6) is 5.75 Å². The third-order valence-corrected chi connectivity index (χ3v) is 1.70. The predicted molar refractivity (Wildman–Crippen MR) is 60.6 cm³/mol. The number of rotatable bonds is 3. The second kappa shape index (κ2) is 5.22. The van der Waals surface area contributed by atoms with Crippen molar-refractivity contribution in [3.8, 4) is 5.75 Å². The predicted octanol–water partition coefficient (Wildman–Crippen LogP) is 3.36. The van der Waals surface area contributed by atoms with Crippen LogP contribution in [0.1, 0.15) is 13.8 Å². The molecule has 0 spiro atoms. The first-order valence-corrected chi connectivity index (χ1v) is 4.54. The maximum atomic E-state index is 5.05. The lowest BCUT2D eigenvalue weighted by Crippen LogP contribution is -1.79. The molecule has 0 saturated heterocycles. The maximum absolute atomic E-state index is 5.05. The van der Waals surface area contributed by atoms with Crippen LogP contribution >= 0.6 is 0 Å². The molecule has 0 N–H and O–H groups in total. The summed E-state index contributed by atoms with van der Waals surface area (Å²) in [7, 11) is 1.65. The molecule has 0 aliphatic heterocycles. The van der Waals surface area contributed by atoms with Gasteiger partial charge in [-0.3, -0.25) is 4.99 Å². The Morgan fingerprint density at radius 1 is 1.21 bits per heavy atom. The van der Waals surface area contributed by atoms with E-state index in [4.69, 9.17) is 4.74 Å². The van der Waals surface area contributed by atoms with E-state index in [1.807, 2.05) is 44.2 Å². The highest BCUT2D eigenvalue weighted by Crippen LogP contribution is 2.16. The van der Waals surface area contributed by atoms with Crippen molar-refractivity contribution in [3.05, 3.63) is 35.9 Å². The Hall–Kier alpha value is -1.57. The average Bonchev–Trinajstić information content (AvgIpc) is 2.18. The van der Waals surface area contributed by atoms with Crippen LogP contribution in [-0.4, -0.2) is 13.3 Å². The number of nitrogens with zero attached hydrogens (tertiary/aromatic N) is 1. The molecule has 0 saturated carbocycles. The van der Waals surface area contributed by atoms with E-state index in [9.17, 15) is 0 Å². The average molecular weight is 189 g/mol. The van der Waals surface area contributed by atoms with Crippen molar-refractivity contribution >= 4 is 11.9 Å². The number of hydrogen-bond donors (Lipinski definition) is 0. The molecule has 0 radical (unpaired) electrons. The van der Waals surface area contributed by atoms with E-state index in [0.29, 0.717) is 0 Å². The van der Waals surface area contributed by atoms with E-state index in [2.05, 4.69) is 4.99 Å². The fourth-order valence-electron chi connectivity index (χ4n) is 0.941. The van der Waals surface area contributed by atoms with E-state index in [1.165, 1.54) is 5.57 Å². The summed E-state index contributed by atoms with van der Waals surface area (Å²) in [5, 5.41) is 0. The number of hydrogen-bond acceptors (Lipinski definition) is 2. The Labute approximate surface area is 84.9 Å². The van der Waals surface area contributed by atoms with Gasteiger partial charge in [-0.15, -0.1) is 0 Å². The summed E-state index contributed by atoms with van der Waals surface area (Å²) in [6, 6.07) is 7.65. The van der Waals surface area contributed by atoms with Crippen molar-refractivity contribution in [3.63, 3.8) is 0 Å². The second-order valence-corrected chi connectivity index (χ2v) is 3.22. The normalized spacial score (nSPS) is 10.2. The monoisotopic (exact) mass is 189 g/mol. The zero-order chi connectivity index (χ0) is 10.4. The molecular formula is C12H15NO. The highest BCUT2D eigenvalue weighted by Gasteiger charge is 1.89. The van der Waals surface area contributed by atoms with Crippen LogP contribution in [0.4, 0.5) is 5.69 Å². The lowest BCUT2D eigenvalue weighted by Gasteiger charge is -1.98. The molecule has 74 valence electrons. The van der Waals surface area contributed by atoms with Crippen LogP contribution in [-0.2, 0) is 0 Å². The molecule has 0 unspecified atom stereocenters. The third-order valence-electron chi connectivity index (χ3n) is 1.70. The van der Waals surface area contributed by atoms with Gasteiger partial charge in [-0.1, -0.05) is 5.57 Å². The number of methoxy groups -OCH3 is 1. The molecular weight excluding hydrogens is 174 g/mol. The van der Waals surface area contributed by atoms with Crippen LogP contribution in [0.3, 0.4) is 0 Å². The minimum absolute atomic E-state index is 0.853. The Balaban J connectivity index is 2.69. The van der Waals surface area contributed by atoms with Crippen LogP contribution < -0.4 is 4.74 Å². The van der Waals surface area contributed by atoms with Gasteiger partial charge in [0.1, 0.15) is 5.75 Å². The molecule has 1 aromatic carbocycles. The molecule has 2 heteroatoms. The number of aliphatic imine (C=N–C) groups is 1. The van der Waals surface area contributed by atoms with Crippen LogP contribution in [0.2, 0.25) is 0 Å². The minimum atomic E-state index is 0.853. The van der Waals surface area contributed by atoms with Gasteiger partial charge in [0.2, 0.25) is 0 Å². The Morgan fingerprint density at radius 3 is 2.36 bits per heavy atom. The molecule has 0 aliphatic rings. The van der Waals surface area contributed by atoms with Crippen molar-refractivity contribution in [1.29, 1.82) is 0 Å². The van der Waals surface area contributed by atoms with Crippen molar-refractivity contribution in [2.45, 2.75) is 13.8 Å². The Morgan fingerprint density at radius 2 is 1.86 bits per heavy atom. The van der Waals surface area contributed by atoms with Gasteiger partial charge < -0.3 is 4.74 Å². The summed E-state index contributed by atoms with van der Waals surface area (Å²) >= 11 is 0. The summed E-state index contributed by atoms with van der Waals surface area (Å²) in [5.74, 6) is 0.853. The summed E-state index contributed by atoms with van der Waals surface area (Å²) in [5.41, 5.74) is 2.17. The Kier molecular flexibility index (Phi) is 3.92. The van der Waals surface area contributed by atoms with Gasteiger partial charge in [-0.05, 0) is 44.2 Å². The first-order valence-electron chi connectivity index (χ1n) is 4.54. The topological polar surface area (TPSA) is 21.6 Å². The highest BCUT2D eigenvalue weighted by molar-refractivity contribution is 5.75. The molecule has 0 aromatic heterocycles. The zero-order valence-corrected chi connectivity index (χ0v) is 8.82. The molecule has 0 fully saturated rings. The zero-order valence-electron chi connectivity index (χ0n) is 8.82.